The lowest BCUT2D eigenvalue weighted by Crippen LogP contribution is -2.23. The summed E-state index contributed by atoms with van der Waals surface area (Å²) >= 11 is 0. The molecule has 1 aromatic heterocycles. The Labute approximate surface area is 117 Å². The number of hydrogen-bond donors (Lipinski definition) is 1. The highest BCUT2D eigenvalue weighted by Crippen LogP contribution is 2.27. The minimum atomic E-state index is -0.805. The Hall–Kier alpha value is -2.17. The topological polar surface area (TPSA) is 68.0 Å². The van der Waals surface area contributed by atoms with E-state index in [-0.39, 0.29) is 0 Å². The van der Waals surface area contributed by atoms with Gasteiger partial charge in [-0.05, 0) is 25.3 Å². The number of carboxylic acids is 1. The molecule has 0 bridgehead atoms. The summed E-state index contributed by atoms with van der Waals surface area (Å²) in [5, 5.41) is 17.5. The molecule has 3 rings (SSSR count). The molecule has 0 saturated heterocycles. The number of nitrogens with zero attached hydrogens (tertiary/aromatic N) is 3. The smallest absolute Gasteiger partial charge is 0.314 e. The van der Waals surface area contributed by atoms with Crippen molar-refractivity contribution in [1.82, 2.24) is 14.8 Å². The van der Waals surface area contributed by atoms with E-state index in [1.165, 1.54) is 11.1 Å². The zero-order valence-corrected chi connectivity index (χ0v) is 11.4. The first-order valence-corrected chi connectivity index (χ1v) is 6.85. The lowest BCUT2D eigenvalue weighted by atomic mass is 9.99. The number of aliphatic carboxylic acids is 1. The second-order valence-corrected chi connectivity index (χ2v) is 5.32. The van der Waals surface area contributed by atoms with Crippen LogP contribution >= 0.6 is 0 Å². The second kappa shape index (κ2) is 5.07. The molecule has 0 fully saturated rings. The molecule has 1 unspecified atom stereocenters. The number of fused-ring (bicyclic) bond motifs is 1. The molecule has 0 amide bonds. The number of rotatable bonds is 3. The summed E-state index contributed by atoms with van der Waals surface area (Å²) in [5.74, 6) is 0.143. The number of carboxylic acid groups (broad SMARTS) is 1. The number of carbonyl (C=O) groups is 1. The molecule has 0 spiro atoms. The molecule has 5 nitrogen and oxygen atoms in total. The summed E-state index contributed by atoms with van der Waals surface area (Å²) in [7, 11) is 0. The molecule has 0 radical (unpaired) electrons. The van der Waals surface area contributed by atoms with Crippen LogP contribution in [-0.2, 0) is 17.8 Å². The number of benzene rings is 1. The highest BCUT2D eigenvalue weighted by atomic mass is 16.4. The first-order chi connectivity index (χ1) is 9.65. The van der Waals surface area contributed by atoms with Gasteiger partial charge in [0, 0.05) is 13.0 Å². The summed E-state index contributed by atoms with van der Waals surface area (Å²) in [6, 6.07) is 8.30. The van der Waals surface area contributed by atoms with Crippen LogP contribution in [0.1, 0.15) is 41.5 Å². The van der Waals surface area contributed by atoms with Crippen LogP contribution in [0, 0.1) is 6.92 Å². The molecule has 20 heavy (non-hydrogen) atoms. The Bertz CT molecular complexity index is 631. The van der Waals surface area contributed by atoms with Crippen molar-refractivity contribution < 1.29 is 9.90 Å². The molecule has 1 N–H and O–H groups in total. The van der Waals surface area contributed by atoms with Gasteiger partial charge in [-0.25, -0.2) is 0 Å². The lowest BCUT2D eigenvalue weighted by molar-refractivity contribution is -0.139. The fourth-order valence-electron chi connectivity index (χ4n) is 2.69. The fraction of sp³-hybridized carbons (Fsp3) is 0.400. The van der Waals surface area contributed by atoms with E-state index in [9.17, 15) is 9.90 Å². The van der Waals surface area contributed by atoms with Crippen molar-refractivity contribution in [3.8, 4) is 0 Å². The number of aryl methyl sites for hydroxylation is 1. The SMILES string of the molecule is Cc1ccc(Cc2nnc3n2CCCC3C(=O)O)cc1. The Morgan fingerprint density at radius 1 is 1.35 bits per heavy atom. The molecular formula is C15H17N3O2. The zero-order chi connectivity index (χ0) is 14.1. The van der Waals surface area contributed by atoms with Gasteiger partial charge in [-0.1, -0.05) is 29.8 Å². The standard InChI is InChI=1S/C15H17N3O2/c1-10-4-6-11(7-5-10)9-13-16-17-14-12(15(19)20)3-2-8-18(13)14/h4-7,12H,2-3,8-9H2,1H3,(H,19,20). The van der Waals surface area contributed by atoms with Gasteiger partial charge in [0.25, 0.3) is 0 Å². The van der Waals surface area contributed by atoms with Crippen LogP contribution in [-0.4, -0.2) is 25.8 Å². The third kappa shape index (κ3) is 2.31. The van der Waals surface area contributed by atoms with Crippen LogP contribution in [0.25, 0.3) is 0 Å². The first kappa shape index (κ1) is 12.8. The zero-order valence-electron chi connectivity index (χ0n) is 11.4. The number of aromatic nitrogens is 3. The van der Waals surface area contributed by atoms with Crippen molar-refractivity contribution in [2.45, 2.75) is 38.6 Å². The maximum atomic E-state index is 11.2. The van der Waals surface area contributed by atoms with Crippen LogP contribution in [0.4, 0.5) is 0 Å². The Morgan fingerprint density at radius 2 is 2.10 bits per heavy atom. The highest BCUT2D eigenvalue weighted by molar-refractivity contribution is 5.75. The van der Waals surface area contributed by atoms with Crippen molar-refractivity contribution in [3.63, 3.8) is 0 Å². The minimum absolute atomic E-state index is 0.511. The first-order valence-electron chi connectivity index (χ1n) is 6.85. The van der Waals surface area contributed by atoms with Crippen LogP contribution in [0.5, 0.6) is 0 Å². The molecule has 1 atom stereocenters. The van der Waals surface area contributed by atoms with Gasteiger partial charge in [-0.3, -0.25) is 4.79 Å². The highest BCUT2D eigenvalue weighted by Gasteiger charge is 2.30. The molecule has 0 aliphatic carbocycles. The van der Waals surface area contributed by atoms with Gasteiger partial charge in [0.2, 0.25) is 0 Å². The second-order valence-electron chi connectivity index (χ2n) is 5.32. The summed E-state index contributed by atoms with van der Waals surface area (Å²) in [4.78, 5) is 11.2. The molecule has 2 aromatic rings. The Kier molecular flexibility index (Phi) is 3.26. The van der Waals surface area contributed by atoms with Crippen molar-refractivity contribution in [2.75, 3.05) is 0 Å². The average Bonchev–Trinajstić information content (AvgIpc) is 2.84. The fourth-order valence-corrected chi connectivity index (χ4v) is 2.69. The van der Waals surface area contributed by atoms with Gasteiger partial charge >= 0.3 is 5.97 Å². The monoisotopic (exact) mass is 271 g/mol. The molecule has 5 heteroatoms. The quantitative estimate of drug-likeness (QED) is 0.928. The van der Waals surface area contributed by atoms with Crippen molar-refractivity contribution in [1.29, 1.82) is 0 Å². The average molecular weight is 271 g/mol. The van der Waals surface area contributed by atoms with Crippen molar-refractivity contribution in [3.05, 3.63) is 47.0 Å². The molecule has 0 saturated carbocycles. The summed E-state index contributed by atoms with van der Waals surface area (Å²) in [6.07, 6.45) is 2.21. The van der Waals surface area contributed by atoms with Gasteiger partial charge in [0.1, 0.15) is 17.6 Å². The molecule has 1 aromatic carbocycles. The van der Waals surface area contributed by atoms with Crippen molar-refractivity contribution in [2.24, 2.45) is 0 Å². The van der Waals surface area contributed by atoms with E-state index in [4.69, 9.17) is 0 Å². The Morgan fingerprint density at radius 3 is 2.80 bits per heavy atom. The van der Waals surface area contributed by atoms with Crippen LogP contribution in [0.2, 0.25) is 0 Å². The van der Waals surface area contributed by atoms with E-state index in [0.717, 1.165) is 18.8 Å². The molecular weight excluding hydrogens is 254 g/mol. The predicted molar refractivity (Wildman–Crippen MR) is 73.6 cm³/mol. The third-order valence-corrected chi connectivity index (χ3v) is 3.82. The maximum Gasteiger partial charge on any atom is 0.314 e. The van der Waals surface area contributed by atoms with E-state index >= 15 is 0 Å². The summed E-state index contributed by atoms with van der Waals surface area (Å²) in [5.41, 5.74) is 2.39. The van der Waals surface area contributed by atoms with Gasteiger partial charge < -0.3 is 9.67 Å². The van der Waals surface area contributed by atoms with Crippen molar-refractivity contribution >= 4 is 5.97 Å². The van der Waals surface area contributed by atoms with E-state index < -0.39 is 11.9 Å². The van der Waals surface area contributed by atoms with E-state index in [0.29, 0.717) is 18.7 Å². The molecule has 104 valence electrons. The molecule has 1 aliphatic heterocycles. The summed E-state index contributed by atoms with van der Waals surface area (Å²) < 4.78 is 1.97. The maximum absolute atomic E-state index is 11.2. The van der Waals surface area contributed by atoms with Crippen LogP contribution < -0.4 is 0 Å². The normalized spacial score (nSPS) is 17.8. The summed E-state index contributed by atoms with van der Waals surface area (Å²) in [6.45, 7) is 2.87. The molecule has 1 aliphatic rings. The van der Waals surface area contributed by atoms with E-state index in [1.807, 2.05) is 4.57 Å². The molecule has 2 heterocycles. The third-order valence-electron chi connectivity index (χ3n) is 3.82. The van der Waals surface area contributed by atoms with Gasteiger partial charge in [-0.15, -0.1) is 10.2 Å². The predicted octanol–water partition coefficient (Wildman–Crippen LogP) is 2.14. The van der Waals surface area contributed by atoms with Crippen LogP contribution in [0.3, 0.4) is 0 Å². The Balaban J connectivity index is 1.89. The van der Waals surface area contributed by atoms with Gasteiger partial charge in [-0.2, -0.15) is 0 Å². The van der Waals surface area contributed by atoms with E-state index in [2.05, 4.69) is 41.4 Å². The van der Waals surface area contributed by atoms with Gasteiger partial charge in [0.15, 0.2) is 0 Å². The van der Waals surface area contributed by atoms with Crippen LogP contribution in [0.15, 0.2) is 24.3 Å². The number of hydrogen-bond acceptors (Lipinski definition) is 3. The van der Waals surface area contributed by atoms with E-state index in [1.54, 1.807) is 0 Å². The van der Waals surface area contributed by atoms with Gasteiger partial charge in [0.05, 0.1) is 0 Å². The lowest BCUT2D eigenvalue weighted by Gasteiger charge is -2.20. The minimum Gasteiger partial charge on any atom is -0.481 e. The largest absolute Gasteiger partial charge is 0.481 e.